The molecule has 7 heteroatoms. The molecule has 3 aromatic carbocycles. The highest BCUT2D eigenvalue weighted by atomic mass is 16.6. The second kappa shape index (κ2) is 13.1. The SMILES string of the molecule is C#Cc1ccc(C(C(=O)Nc2ccc3ccccc3c2)N(C(=O)C(NC(=O)OC(C)(C)C)C(C)CC)C2CCC2)cc1. The van der Waals surface area contributed by atoms with Crippen LogP contribution in [0.1, 0.15) is 77.5 Å². The molecule has 0 aromatic heterocycles. The quantitative estimate of drug-likeness (QED) is 0.278. The zero-order chi connectivity index (χ0) is 30.4. The van der Waals surface area contributed by atoms with E-state index < -0.39 is 23.8 Å². The number of amides is 3. The van der Waals surface area contributed by atoms with Crippen LogP contribution in [-0.4, -0.2) is 40.5 Å². The highest BCUT2D eigenvalue weighted by Gasteiger charge is 2.43. The number of rotatable bonds is 9. The number of carbonyl (C=O) groups excluding carboxylic acids is 3. The number of benzene rings is 3. The maximum absolute atomic E-state index is 14.5. The number of fused-ring (bicyclic) bond motifs is 1. The van der Waals surface area contributed by atoms with Crippen molar-refractivity contribution < 1.29 is 19.1 Å². The summed E-state index contributed by atoms with van der Waals surface area (Å²) < 4.78 is 5.51. The molecular formula is C35H41N3O4. The van der Waals surface area contributed by atoms with Crippen LogP contribution in [0, 0.1) is 18.3 Å². The Balaban J connectivity index is 1.74. The molecule has 1 aliphatic carbocycles. The minimum Gasteiger partial charge on any atom is -0.444 e. The van der Waals surface area contributed by atoms with Gasteiger partial charge in [0.2, 0.25) is 5.91 Å². The van der Waals surface area contributed by atoms with Gasteiger partial charge >= 0.3 is 6.09 Å². The molecule has 0 radical (unpaired) electrons. The van der Waals surface area contributed by atoms with E-state index in [0.29, 0.717) is 23.2 Å². The van der Waals surface area contributed by atoms with E-state index in [-0.39, 0.29) is 23.8 Å². The number of terminal acetylenes is 1. The van der Waals surface area contributed by atoms with Crippen LogP contribution in [0.3, 0.4) is 0 Å². The molecule has 3 amide bonds. The van der Waals surface area contributed by atoms with Crippen molar-refractivity contribution in [2.45, 2.75) is 84.0 Å². The smallest absolute Gasteiger partial charge is 0.408 e. The third kappa shape index (κ3) is 7.30. The molecule has 0 aliphatic heterocycles. The lowest BCUT2D eigenvalue weighted by molar-refractivity contribution is -0.147. The van der Waals surface area contributed by atoms with E-state index in [1.807, 2.05) is 56.3 Å². The van der Waals surface area contributed by atoms with E-state index in [0.717, 1.165) is 30.0 Å². The van der Waals surface area contributed by atoms with Gasteiger partial charge < -0.3 is 20.3 Å². The van der Waals surface area contributed by atoms with Crippen LogP contribution >= 0.6 is 0 Å². The third-order valence-corrected chi connectivity index (χ3v) is 7.81. The number of anilines is 1. The zero-order valence-corrected chi connectivity index (χ0v) is 25.1. The number of hydrogen-bond acceptors (Lipinski definition) is 4. The Morgan fingerprint density at radius 2 is 1.69 bits per heavy atom. The van der Waals surface area contributed by atoms with Gasteiger partial charge in [0, 0.05) is 17.3 Å². The molecule has 4 rings (SSSR count). The van der Waals surface area contributed by atoms with Gasteiger partial charge in [-0.15, -0.1) is 6.42 Å². The molecule has 0 heterocycles. The van der Waals surface area contributed by atoms with E-state index in [2.05, 4.69) is 16.6 Å². The van der Waals surface area contributed by atoms with E-state index in [1.54, 1.807) is 49.9 Å². The summed E-state index contributed by atoms with van der Waals surface area (Å²) in [4.78, 5) is 43.2. The van der Waals surface area contributed by atoms with Gasteiger partial charge in [-0.25, -0.2) is 4.79 Å². The van der Waals surface area contributed by atoms with Gasteiger partial charge in [-0.2, -0.15) is 0 Å². The second-order valence-electron chi connectivity index (χ2n) is 12.1. The lowest BCUT2D eigenvalue weighted by Gasteiger charge is -2.44. The Bertz CT molecular complexity index is 1460. The highest BCUT2D eigenvalue weighted by molar-refractivity contribution is 6.00. The summed E-state index contributed by atoms with van der Waals surface area (Å²) >= 11 is 0. The number of nitrogens with zero attached hydrogens (tertiary/aromatic N) is 1. The first-order valence-corrected chi connectivity index (χ1v) is 14.7. The molecule has 2 N–H and O–H groups in total. The Morgan fingerprint density at radius 1 is 1.02 bits per heavy atom. The van der Waals surface area contributed by atoms with E-state index in [4.69, 9.17) is 11.2 Å². The largest absolute Gasteiger partial charge is 0.444 e. The number of ether oxygens (including phenoxy) is 1. The molecule has 7 nitrogen and oxygen atoms in total. The molecule has 3 atom stereocenters. The Morgan fingerprint density at radius 3 is 2.26 bits per heavy atom. The maximum Gasteiger partial charge on any atom is 0.408 e. The van der Waals surface area contributed by atoms with Crippen LogP contribution in [0.2, 0.25) is 0 Å². The molecular weight excluding hydrogens is 526 g/mol. The Labute approximate surface area is 249 Å². The monoisotopic (exact) mass is 567 g/mol. The highest BCUT2D eigenvalue weighted by Crippen LogP contribution is 2.35. The van der Waals surface area contributed by atoms with E-state index in [9.17, 15) is 14.4 Å². The van der Waals surface area contributed by atoms with Crippen LogP contribution in [0.25, 0.3) is 10.8 Å². The second-order valence-corrected chi connectivity index (χ2v) is 12.1. The standard InChI is InChI=1S/C35H41N3O4/c1-7-23(3)30(37-34(41)42-35(4,5)6)33(40)38(29-14-11-15-29)31(26-18-16-24(8-2)17-19-26)32(39)36-28-21-20-25-12-9-10-13-27(25)22-28/h2,9-10,12-13,16-23,29-31H,7,11,14-15H2,1,3-6H3,(H,36,39)(H,37,41). The predicted octanol–water partition coefficient (Wildman–Crippen LogP) is 6.82. The zero-order valence-electron chi connectivity index (χ0n) is 25.1. The van der Waals surface area contributed by atoms with Crippen molar-refractivity contribution in [2.24, 2.45) is 5.92 Å². The molecule has 3 aromatic rings. The van der Waals surface area contributed by atoms with Gasteiger partial charge in [0.25, 0.3) is 5.91 Å². The molecule has 0 saturated heterocycles. The number of nitrogens with one attached hydrogen (secondary N) is 2. The van der Waals surface area contributed by atoms with Gasteiger partial charge in [0.05, 0.1) is 0 Å². The van der Waals surface area contributed by atoms with Gasteiger partial charge in [-0.3, -0.25) is 9.59 Å². The van der Waals surface area contributed by atoms with Gasteiger partial charge in [-0.05, 0) is 86.6 Å². The molecule has 220 valence electrons. The average Bonchev–Trinajstić information content (AvgIpc) is 2.93. The van der Waals surface area contributed by atoms with Gasteiger partial charge in [-0.1, -0.05) is 68.7 Å². The van der Waals surface area contributed by atoms with Crippen LogP contribution in [0.4, 0.5) is 10.5 Å². The molecule has 0 bridgehead atoms. The van der Waals surface area contributed by atoms with E-state index >= 15 is 0 Å². The Kier molecular flexibility index (Phi) is 9.57. The fraction of sp³-hybridized carbons (Fsp3) is 0.400. The van der Waals surface area contributed by atoms with Crippen molar-refractivity contribution in [1.82, 2.24) is 10.2 Å². The summed E-state index contributed by atoms with van der Waals surface area (Å²) in [6.45, 7) is 9.23. The normalized spacial score (nSPS) is 15.4. The first kappa shape index (κ1) is 30.6. The predicted molar refractivity (Wildman–Crippen MR) is 167 cm³/mol. The first-order valence-electron chi connectivity index (χ1n) is 14.7. The van der Waals surface area contributed by atoms with Gasteiger partial charge in [0.1, 0.15) is 17.7 Å². The number of alkyl carbamates (subject to hydrolysis) is 1. The van der Waals surface area contributed by atoms with Crippen molar-refractivity contribution in [3.05, 3.63) is 77.9 Å². The fourth-order valence-electron chi connectivity index (χ4n) is 5.14. The topological polar surface area (TPSA) is 87.7 Å². The molecule has 1 saturated carbocycles. The van der Waals surface area contributed by atoms with Crippen molar-refractivity contribution in [2.75, 3.05) is 5.32 Å². The molecule has 0 spiro atoms. The summed E-state index contributed by atoms with van der Waals surface area (Å²) in [5, 5.41) is 7.96. The van der Waals surface area contributed by atoms with Crippen LogP contribution in [-0.2, 0) is 14.3 Å². The fourth-order valence-corrected chi connectivity index (χ4v) is 5.14. The van der Waals surface area contributed by atoms with Crippen LogP contribution in [0.5, 0.6) is 0 Å². The van der Waals surface area contributed by atoms with Gasteiger partial charge in [0.15, 0.2) is 0 Å². The summed E-state index contributed by atoms with van der Waals surface area (Å²) in [6.07, 6.45) is 8.09. The summed E-state index contributed by atoms with van der Waals surface area (Å²) in [7, 11) is 0. The molecule has 1 aliphatic rings. The van der Waals surface area contributed by atoms with Crippen molar-refractivity contribution >= 4 is 34.4 Å². The van der Waals surface area contributed by atoms with E-state index in [1.165, 1.54) is 0 Å². The van der Waals surface area contributed by atoms with Crippen LogP contribution < -0.4 is 10.6 Å². The maximum atomic E-state index is 14.5. The number of carbonyl (C=O) groups is 3. The minimum atomic E-state index is -0.937. The summed E-state index contributed by atoms with van der Waals surface area (Å²) in [5.74, 6) is 1.78. The van der Waals surface area contributed by atoms with Crippen molar-refractivity contribution in [1.29, 1.82) is 0 Å². The average molecular weight is 568 g/mol. The molecule has 3 unspecified atom stereocenters. The van der Waals surface area contributed by atoms with Crippen molar-refractivity contribution in [3.63, 3.8) is 0 Å². The van der Waals surface area contributed by atoms with Crippen molar-refractivity contribution in [3.8, 4) is 12.3 Å². The van der Waals surface area contributed by atoms with Crippen LogP contribution in [0.15, 0.2) is 66.7 Å². The minimum absolute atomic E-state index is 0.149. The third-order valence-electron chi connectivity index (χ3n) is 7.81. The molecule has 1 fully saturated rings. The summed E-state index contributed by atoms with van der Waals surface area (Å²) in [5.41, 5.74) is 1.24. The lowest BCUT2D eigenvalue weighted by atomic mass is 9.86. The Hall–Kier alpha value is -4.31. The lowest BCUT2D eigenvalue weighted by Crippen LogP contribution is -2.58. The first-order chi connectivity index (χ1) is 20.0. The number of hydrogen-bond donors (Lipinski definition) is 2. The molecule has 42 heavy (non-hydrogen) atoms. The summed E-state index contributed by atoms with van der Waals surface area (Å²) in [6, 6.07) is 18.9.